The van der Waals surface area contributed by atoms with E-state index in [-0.39, 0.29) is 31.6 Å². The highest BCUT2D eigenvalue weighted by Gasteiger charge is 2.17. The van der Waals surface area contributed by atoms with Crippen LogP contribution >= 0.6 is 0 Å². The fourth-order valence-electron chi connectivity index (χ4n) is 3.03. The van der Waals surface area contributed by atoms with Gasteiger partial charge in [0.2, 0.25) is 0 Å². The predicted molar refractivity (Wildman–Crippen MR) is 115 cm³/mol. The zero-order valence-electron chi connectivity index (χ0n) is 16.9. The quantitative estimate of drug-likeness (QED) is 0.544. The van der Waals surface area contributed by atoms with Crippen LogP contribution in [0, 0.1) is 6.92 Å². The second kappa shape index (κ2) is 10.8. The lowest BCUT2D eigenvalue weighted by atomic mass is 9.99. The van der Waals surface area contributed by atoms with Crippen molar-refractivity contribution in [2.24, 2.45) is 0 Å². The van der Waals surface area contributed by atoms with E-state index in [0.29, 0.717) is 0 Å². The summed E-state index contributed by atoms with van der Waals surface area (Å²) < 4.78 is 10.7. The van der Waals surface area contributed by atoms with Gasteiger partial charge in [0.15, 0.2) is 6.61 Å². The molecule has 0 aliphatic carbocycles. The van der Waals surface area contributed by atoms with Crippen molar-refractivity contribution in [2.75, 3.05) is 13.2 Å². The van der Waals surface area contributed by atoms with Crippen LogP contribution in [0.1, 0.15) is 29.2 Å². The minimum atomic E-state index is -0.477. The molecule has 5 heteroatoms. The smallest absolute Gasteiger partial charge is 0.309 e. The molecule has 3 aromatic rings. The maximum Gasteiger partial charge on any atom is 0.309 e. The number of amides is 1. The van der Waals surface area contributed by atoms with Gasteiger partial charge in [-0.2, -0.15) is 0 Å². The molecule has 1 N–H and O–H groups in total. The van der Waals surface area contributed by atoms with Crippen LogP contribution in [0.4, 0.5) is 0 Å². The minimum absolute atomic E-state index is 0.0718. The zero-order valence-corrected chi connectivity index (χ0v) is 16.9. The number of aryl methyl sites for hydroxylation is 1. The number of nitrogens with one attached hydrogen (secondary N) is 1. The van der Waals surface area contributed by atoms with Crippen molar-refractivity contribution < 1.29 is 19.1 Å². The molecule has 1 amide bonds. The third kappa shape index (κ3) is 6.21. The predicted octanol–water partition coefficient (Wildman–Crippen LogP) is 4.21. The van der Waals surface area contributed by atoms with Gasteiger partial charge >= 0.3 is 5.97 Å². The van der Waals surface area contributed by atoms with E-state index in [0.717, 1.165) is 22.4 Å². The van der Waals surface area contributed by atoms with Gasteiger partial charge in [0.1, 0.15) is 5.75 Å². The molecule has 0 radical (unpaired) electrons. The molecular weight excluding hydrogens is 378 g/mol. The van der Waals surface area contributed by atoms with Gasteiger partial charge in [-0.25, -0.2) is 0 Å². The summed E-state index contributed by atoms with van der Waals surface area (Å²) in [7, 11) is 0. The number of ether oxygens (including phenoxy) is 2. The Labute approximate surface area is 176 Å². The molecule has 0 bridgehead atoms. The van der Waals surface area contributed by atoms with Gasteiger partial charge in [0.05, 0.1) is 19.1 Å². The first-order valence-electron chi connectivity index (χ1n) is 9.87. The molecule has 3 aromatic carbocycles. The molecule has 0 saturated heterocycles. The molecule has 0 saturated carbocycles. The van der Waals surface area contributed by atoms with Gasteiger partial charge < -0.3 is 14.8 Å². The van der Waals surface area contributed by atoms with Crippen molar-refractivity contribution in [1.29, 1.82) is 0 Å². The largest absolute Gasteiger partial charge is 0.493 e. The summed E-state index contributed by atoms with van der Waals surface area (Å²) in [6.45, 7) is 1.80. The standard InChI is InChI=1S/C25H25NO4/c1-19-10-8-9-15-22(19)29-17-16-24(28)30-18-23(27)26-25(20-11-4-2-5-12-20)21-13-6-3-7-14-21/h2-15,25H,16-18H2,1H3,(H,26,27). The van der Waals surface area contributed by atoms with Gasteiger partial charge in [-0.05, 0) is 29.7 Å². The Balaban J connectivity index is 1.49. The van der Waals surface area contributed by atoms with Gasteiger partial charge in [-0.15, -0.1) is 0 Å². The topological polar surface area (TPSA) is 64.6 Å². The monoisotopic (exact) mass is 403 g/mol. The number of carbonyl (C=O) groups excluding carboxylic acids is 2. The average molecular weight is 403 g/mol. The zero-order chi connectivity index (χ0) is 21.2. The van der Waals surface area contributed by atoms with E-state index >= 15 is 0 Å². The Morgan fingerprint density at radius 2 is 1.40 bits per heavy atom. The van der Waals surface area contributed by atoms with Crippen LogP contribution in [0.15, 0.2) is 84.9 Å². The van der Waals surface area contributed by atoms with Crippen LogP contribution in [0.25, 0.3) is 0 Å². The van der Waals surface area contributed by atoms with Crippen LogP contribution in [0.2, 0.25) is 0 Å². The lowest BCUT2D eigenvalue weighted by molar-refractivity contribution is -0.149. The van der Waals surface area contributed by atoms with Gasteiger partial charge in [0.25, 0.3) is 5.91 Å². The first-order valence-corrected chi connectivity index (χ1v) is 9.87. The summed E-state index contributed by atoms with van der Waals surface area (Å²) in [5, 5.41) is 2.95. The summed E-state index contributed by atoms with van der Waals surface area (Å²) in [5.41, 5.74) is 2.91. The van der Waals surface area contributed by atoms with Crippen molar-refractivity contribution >= 4 is 11.9 Å². The molecule has 0 atom stereocenters. The number of carbonyl (C=O) groups is 2. The van der Waals surface area contributed by atoms with E-state index in [2.05, 4.69) is 5.32 Å². The molecule has 5 nitrogen and oxygen atoms in total. The van der Waals surface area contributed by atoms with Crippen molar-refractivity contribution in [2.45, 2.75) is 19.4 Å². The fourth-order valence-corrected chi connectivity index (χ4v) is 3.03. The second-order valence-electron chi connectivity index (χ2n) is 6.85. The van der Waals surface area contributed by atoms with E-state index in [4.69, 9.17) is 9.47 Å². The first kappa shape index (κ1) is 21.1. The molecule has 154 valence electrons. The third-order valence-electron chi connectivity index (χ3n) is 4.59. The molecule has 0 fully saturated rings. The van der Waals surface area contributed by atoms with Crippen LogP contribution in [0.5, 0.6) is 5.75 Å². The van der Waals surface area contributed by atoms with Crippen LogP contribution < -0.4 is 10.1 Å². The molecule has 0 aliphatic rings. The minimum Gasteiger partial charge on any atom is -0.493 e. The van der Waals surface area contributed by atoms with Crippen LogP contribution in [0.3, 0.4) is 0 Å². The van der Waals surface area contributed by atoms with Crippen LogP contribution in [-0.4, -0.2) is 25.1 Å². The second-order valence-corrected chi connectivity index (χ2v) is 6.85. The highest BCUT2D eigenvalue weighted by Crippen LogP contribution is 2.21. The summed E-state index contributed by atoms with van der Waals surface area (Å²) in [4.78, 5) is 24.4. The molecular formula is C25H25NO4. The van der Waals surface area contributed by atoms with Gasteiger partial charge in [-0.1, -0.05) is 78.9 Å². The molecule has 0 spiro atoms. The van der Waals surface area contributed by atoms with E-state index in [1.807, 2.05) is 91.9 Å². The maximum absolute atomic E-state index is 12.4. The highest BCUT2D eigenvalue weighted by molar-refractivity contribution is 5.81. The SMILES string of the molecule is Cc1ccccc1OCCC(=O)OCC(=O)NC(c1ccccc1)c1ccccc1. The Hall–Kier alpha value is -3.60. The Morgan fingerprint density at radius 3 is 2.00 bits per heavy atom. The van der Waals surface area contributed by atoms with Crippen molar-refractivity contribution in [3.05, 3.63) is 102 Å². The molecule has 0 aliphatic heterocycles. The summed E-state index contributed by atoms with van der Waals surface area (Å²) in [6.07, 6.45) is 0.0718. The van der Waals surface area contributed by atoms with Gasteiger partial charge in [0, 0.05) is 0 Å². The number of para-hydroxylation sites is 1. The Kier molecular flexibility index (Phi) is 7.61. The average Bonchev–Trinajstić information content (AvgIpc) is 2.78. The Morgan fingerprint density at radius 1 is 0.833 bits per heavy atom. The van der Waals surface area contributed by atoms with E-state index in [9.17, 15) is 9.59 Å². The van der Waals surface area contributed by atoms with E-state index < -0.39 is 5.97 Å². The van der Waals surface area contributed by atoms with E-state index in [1.54, 1.807) is 0 Å². The van der Waals surface area contributed by atoms with Crippen molar-refractivity contribution in [1.82, 2.24) is 5.32 Å². The molecule has 0 heterocycles. The molecule has 0 unspecified atom stereocenters. The Bertz CT molecular complexity index is 918. The number of rotatable bonds is 9. The van der Waals surface area contributed by atoms with Crippen molar-refractivity contribution in [3.63, 3.8) is 0 Å². The number of esters is 1. The van der Waals surface area contributed by atoms with Gasteiger partial charge in [-0.3, -0.25) is 9.59 Å². The lowest BCUT2D eigenvalue weighted by Gasteiger charge is -2.20. The summed E-state index contributed by atoms with van der Waals surface area (Å²) in [5.74, 6) is -0.104. The number of hydrogen-bond acceptors (Lipinski definition) is 4. The van der Waals surface area contributed by atoms with Crippen LogP contribution in [-0.2, 0) is 14.3 Å². The molecule has 30 heavy (non-hydrogen) atoms. The molecule has 3 rings (SSSR count). The summed E-state index contributed by atoms with van der Waals surface area (Å²) >= 11 is 0. The van der Waals surface area contributed by atoms with Crippen molar-refractivity contribution in [3.8, 4) is 5.75 Å². The lowest BCUT2D eigenvalue weighted by Crippen LogP contribution is -2.33. The highest BCUT2D eigenvalue weighted by atomic mass is 16.5. The maximum atomic E-state index is 12.4. The summed E-state index contributed by atoms with van der Waals surface area (Å²) in [6, 6.07) is 26.6. The fraction of sp³-hybridized carbons (Fsp3) is 0.200. The number of hydrogen-bond donors (Lipinski definition) is 1. The third-order valence-corrected chi connectivity index (χ3v) is 4.59. The number of benzene rings is 3. The molecule has 0 aromatic heterocycles. The normalized spacial score (nSPS) is 10.5. The first-order chi connectivity index (χ1) is 14.6. The van der Waals surface area contributed by atoms with E-state index in [1.165, 1.54) is 0 Å².